The SMILES string of the molecule is CCNC(=O)[C@H]1CCCN(C(=O)c2cc3c(ccc4ccccc43)[nH]2)C1. The standard InChI is InChI=1S/C21H23N3O2/c1-2-22-20(25)15-7-5-11-24(13-15)21(26)19-12-17-16-8-4-3-6-14(16)9-10-18(17)23-19/h3-4,6,8-10,12,15,23H,2,5,7,11,13H2,1H3,(H,22,25)/t15-/m0/s1. The van der Waals surface area contributed by atoms with Gasteiger partial charge in [0, 0.05) is 30.5 Å². The van der Waals surface area contributed by atoms with Crippen LogP contribution in [-0.2, 0) is 4.79 Å². The van der Waals surface area contributed by atoms with E-state index in [1.165, 1.54) is 0 Å². The van der Waals surface area contributed by atoms with E-state index in [2.05, 4.69) is 28.5 Å². The second-order valence-electron chi connectivity index (χ2n) is 6.92. The first-order valence-electron chi connectivity index (χ1n) is 9.25. The molecule has 0 bridgehead atoms. The molecule has 1 aliphatic rings. The maximum atomic E-state index is 13.0. The number of piperidine rings is 1. The normalized spacial score (nSPS) is 17.6. The van der Waals surface area contributed by atoms with Gasteiger partial charge in [0.15, 0.2) is 0 Å². The van der Waals surface area contributed by atoms with E-state index in [9.17, 15) is 9.59 Å². The molecule has 1 atom stereocenters. The van der Waals surface area contributed by atoms with Crippen molar-refractivity contribution in [2.75, 3.05) is 19.6 Å². The Morgan fingerprint density at radius 1 is 1.19 bits per heavy atom. The van der Waals surface area contributed by atoms with Crippen LogP contribution >= 0.6 is 0 Å². The fourth-order valence-corrected chi connectivity index (χ4v) is 3.87. The topological polar surface area (TPSA) is 65.2 Å². The van der Waals surface area contributed by atoms with Crippen LogP contribution in [0.5, 0.6) is 0 Å². The first kappa shape index (κ1) is 16.6. The molecule has 2 aromatic carbocycles. The molecule has 1 aliphatic heterocycles. The van der Waals surface area contributed by atoms with Gasteiger partial charge in [-0.05, 0) is 42.7 Å². The van der Waals surface area contributed by atoms with Gasteiger partial charge in [0.2, 0.25) is 5.91 Å². The highest BCUT2D eigenvalue weighted by atomic mass is 16.2. The Labute approximate surface area is 152 Å². The summed E-state index contributed by atoms with van der Waals surface area (Å²) in [5.41, 5.74) is 1.55. The van der Waals surface area contributed by atoms with E-state index >= 15 is 0 Å². The number of aromatic nitrogens is 1. The van der Waals surface area contributed by atoms with E-state index in [-0.39, 0.29) is 17.7 Å². The van der Waals surface area contributed by atoms with Crippen molar-refractivity contribution in [3.05, 3.63) is 48.2 Å². The largest absolute Gasteiger partial charge is 0.356 e. The Kier molecular flexibility index (Phi) is 4.37. The monoisotopic (exact) mass is 349 g/mol. The highest BCUT2D eigenvalue weighted by molar-refractivity contribution is 6.09. The van der Waals surface area contributed by atoms with Crippen molar-refractivity contribution in [3.63, 3.8) is 0 Å². The molecule has 0 saturated carbocycles. The van der Waals surface area contributed by atoms with Crippen LogP contribution in [0, 0.1) is 5.92 Å². The molecule has 2 amide bonds. The predicted molar refractivity (Wildman–Crippen MR) is 103 cm³/mol. The molecule has 1 aromatic heterocycles. The van der Waals surface area contributed by atoms with Gasteiger partial charge in [-0.2, -0.15) is 0 Å². The molecular formula is C21H23N3O2. The number of hydrogen-bond acceptors (Lipinski definition) is 2. The molecule has 0 spiro atoms. The molecule has 1 fully saturated rings. The molecule has 1 saturated heterocycles. The smallest absolute Gasteiger partial charge is 0.270 e. The fourth-order valence-electron chi connectivity index (χ4n) is 3.87. The number of nitrogens with one attached hydrogen (secondary N) is 2. The molecule has 4 rings (SSSR count). The van der Waals surface area contributed by atoms with Crippen LogP contribution in [0.3, 0.4) is 0 Å². The van der Waals surface area contributed by atoms with E-state index in [4.69, 9.17) is 0 Å². The summed E-state index contributed by atoms with van der Waals surface area (Å²) in [7, 11) is 0. The number of fused-ring (bicyclic) bond motifs is 3. The maximum Gasteiger partial charge on any atom is 0.270 e. The molecule has 0 radical (unpaired) electrons. The third-order valence-corrected chi connectivity index (χ3v) is 5.19. The van der Waals surface area contributed by atoms with Crippen molar-refractivity contribution in [1.29, 1.82) is 0 Å². The number of rotatable bonds is 3. The van der Waals surface area contributed by atoms with Crippen molar-refractivity contribution < 1.29 is 9.59 Å². The lowest BCUT2D eigenvalue weighted by molar-refractivity contribution is -0.126. The second kappa shape index (κ2) is 6.83. The van der Waals surface area contributed by atoms with Crippen molar-refractivity contribution in [2.24, 2.45) is 5.92 Å². The number of H-pyrrole nitrogens is 1. The summed E-state index contributed by atoms with van der Waals surface area (Å²) < 4.78 is 0. The molecule has 2 heterocycles. The molecule has 5 nitrogen and oxygen atoms in total. The third kappa shape index (κ3) is 2.94. The quantitative estimate of drug-likeness (QED) is 0.762. The van der Waals surface area contributed by atoms with Crippen LogP contribution in [0.15, 0.2) is 42.5 Å². The number of carbonyl (C=O) groups is 2. The molecular weight excluding hydrogens is 326 g/mol. The van der Waals surface area contributed by atoms with Crippen LogP contribution in [0.2, 0.25) is 0 Å². The van der Waals surface area contributed by atoms with Gasteiger partial charge < -0.3 is 15.2 Å². The number of benzene rings is 2. The van der Waals surface area contributed by atoms with E-state index in [1.54, 1.807) is 4.90 Å². The van der Waals surface area contributed by atoms with Gasteiger partial charge in [-0.25, -0.2) is 0 Å². The van der Waals surface area contributed by atoms with Crippen LogP contribution in [0.1, 0.15) is 30.3 Å². The van der Waals surface area contributed by atoms with Gasteiger partial charge in [-0.1, -0.05) is 30.3 Å². The zero-order valence-electron chi connectivity index (χ0n) is 14.9. The number of likely N-dealkylation sites (tertiary alicyclic amines) is 1. The molecule has 0 aliphatic carbocycles. The number of aromatic amines is 1. The van der Waals surface area contributed by atoms with Crippen molar-refractivity contribution in [2.45, 2.75) is 19.8 Å². The minimum absolute atomic E-state index is 0.0284. The number of nitrogens with zero attached hydrogens (tertiary/aromatic N) is 1. The van der Waals surface area contributed by atoms with E-state index in [1.807, 2.05) is 31.2 Å². The van der Waals surface area contributed by atoms with Crippen LogP contribution < -0.4 is 5.32 Å². The lowest BCUT2D eigenvalue weighted by atomic mass is 9.97. The molecule has 26 heavy (non-hydrogen) atoms. The Bertz CT molecular complexity index is 976. The number of hydrogen-bond donors (Lipinski definition) is 2. The Balaban J connectivity index is 1.61. The maximum absolute atomic E-state index is 13.0. The van der Waals surface area contributed by atoms with Crippen LogP contribution in [0.25, 0.3) is 21.7 Å². The van der Waals surface area contributed by atoms with E-state index in [0.717, 1.165) is 34.5 Å². The van der Waals surface area contributed by atoms with Crippen molar-refractivity contribution in [1.82, 2.24) is 15.2 Å². The van der Waals surface area contributed by atoms with Gasteiger partial charge in [0.05, 0.1) is 5.92 Å². The third-order valence-electron chi connectivity index (χ3n) is 5.19. The summed E-state index contributed by atoms with van der Waals surface area (Å²) in [6.45, 7) is 3.72. The summed E-state index contributed by atoms with van der Waals surface area (Å²) in [5.74, 6) is -0.0928. The first-order chi connectivity index (χ1) is 12.7. The summed E-state index contributed by atoms with van der Waals surface area (Å²) in [6, 6.07) is 14.2. The van der Waals surface area contributed by atoms with Gasteiger partial charge in [-0.15, -0.1) is 0 Å². The van der Waals surface area contributed by atoms with Gasteiger partial charge in [0.25, 0.3) is 5.91 Å². The molecule has 0 unspecified atom stereocenters. The van der Waals surface area contributed by atoms with Gasteiger partial charge in [0.1, 0.15) is 5.69 Å². The number of carbonyl (C=O) groups excluding carboxylic acids is 2. The van der Waals surface area contributed by atoms with Crippen LogP contribution in [-0.4, -0.2) is 41.3 Å². The van der Waals surface area contributed by atoms with Gasteiger partial charge >= 0.3 is 0 Å². The first-order valence-corrected chi connectivity index (χ1v) is 9.25. The summed E-state index contributed by atoms with van der Waals surface area (Å²) in [6.07, 6.45) is 1.70. The minimum Gasteiger partial charge on any atom is -0.356 e. The number of amides is 2. The Morgan fingerprint density at radius 3 is 2.88 bits per heavy atom. The average Bonchev–Trinajstić information content (AvgIpc) is 3.12. The van der Waals surface area contributed by atoms with Crippen molar-refractivity contribution in [3.8, 4) is 0 Å². The lowest BCUT2D eigenvalue weighted by Crippen LogP contribution is -2.45. The van der Waals surface area contributed by atoms with Gasteiger partial charge in [-0.3, -0.25) is 9.59 Å². The molecule has 5 heteroatoms. The predicted octanol–water partition coefficient (Wildman–Crippen LogP) is 3.31. The molecule has 134 valence electrons. The highest BCUT2D eigenvalue weighted by Gasteiger charge is 2.29. The molecule has 2 N–H and O–H groups in total. The Hall–Kier alpha value is -2.82. The fraction of sp³-hybridized carbons (Fsp3) is 0.333. The van der Waals surface area contributed by atoms with E-state index in [0.29, 0.717) is 25.3 Å². The van der Waals surface area contributed by atoms with Crippen molar-refractivity contribution >= 4 is 33.5 Å². The average molecular weight is 349 g/mol. The molecule has 3 aromatic rings. The Morgan fingerprint density at radius 2 is 2.04 bits per heavy atom. The highest BCUT2D eigenvalue weighted by Crippen LogP contribution is 2.27. The zero-order chi connectivity index (χ0) is 18.1. The second-order valence-corrected chi connectivity index (χ2v) is 6.92. The summed E-state index contributed by atoms with van der Waals surface area (Å²) in [5, 5.41) is 6.23. The van der Waals surface area contributed by atoms with E-state index < -0.39 is 0 Å². The summed E-state index contributed by atoms with van der Waals surface area (Å²) in [4.78, 5) is 30.2. The zero-order valence-corrected chi connectivity index (χ0v) is 14.9. The minimum atomic E-state index is -0.113. The lowest BCUT2D eigenvalue weighted by Gasteiger charge is -2.31. The van der Waals surface area contributed by atoms with Crippen LogP contribution in [0.4, 0.5) is 0 Å². The summed E-state index contributed by atoms with van der Waals surface area (Å²) >= 11 is 0.